The lowest BCUT2D eigenvalue weighted by molar-refractivity contribution is -0.384. The van der Waals surface area contributed by atoms with E-state index in [9.17, 15) is 10.1 Å². The summed E-state index contributed by atoms with van der Waals surface area (Å²) in [5.41, 5.74) is -0.0574. The Morgan fingerprint density at radius 1 is 1.47 bits per heavy atom. The summed E-state index contributed by atoms with van der Waals surface area (Å²) in [4.78, 5) is 17.9. The maximum atomic E-state index is 10.7. The second kappa shape index (κ2) is 5.01. The number of hydrogen-bond donors (Lipinski definition) is 1. The molecule has 0 aromatic carbocycles. The van der Waals surface area contributed by atoms with Gasteiger partial charge in [-0.1, -0.05) is 5.16 Å². The topological polar surface area (TPSA) is 107 Å². The lowest BCUT2D eigenvalue weighted by Gasteiger charge is -2.03. The molecule has 0 aliphatic rings. The molecule has 88 valence electrons. The molecule has 0 fully saturated rings. The van der Waals surface area contributed by atoms with Crippen molar-refractivity contribution in [3.8, 4) is 0 Å². The summed E-state index contributed by atoms with van der Waals surface area (Å²) >= 11 is 0. The van der Waals surface area contributed by atoms with Gasteiger partial charge in [-0.3, -0.25) is 10.1 Å². The van der Waals surface area contributed by atoms with Gasteiger partial charge in [0, 0.05) is 25.2 Å². The van der Waals surface area contributed by atoms with Crippen LogP contribution in [0.2, 0.25) is 0 Å². The third kappa shape index (κ3) is 2.74. The molecule has 0 bridgehead atoms. The van der Waals surface area contributed by atoms with Crippen molar-refractivity contribution < 1.29 is 9.45 Å². The van der Waals surface area contributed by atoms with Gasteiger partial charge in [-0.05, 0) is 6.07 Å². The quantitative estimate of drug-likeness (QED) is 0.609. The highest BCUT2D eigenvalue weighted by Crippen LogP contribution is 2.19. The Balaban J connectivity index is 1.97. The number of nitro groups is 1. The summed E-state index contributed by atoms with van der Waals surface area (Å²) in [6.45, 7) is 0.431. The molecule has 2 aromatic rings. The Morgan fingerprint density at radius 2 is 2.35 bits per heavy atom. The van der Waals surface area contributed by atoms with Crippen LogP contribution in [0.15, 0.2) is 29.2 Å². The highest BCUT2D eigenvalue weighted by Gasteiger charge is 2.13. The average Bonchev–Trinajstić information content (AvgIpc) is 2.82. The average molecular weight is 235 g/mol. The van der Waals surface area contributed by atoms with E-state index in [1.807, 2.05) is 0 Å². The molecular formula is C9H9N5O3. The monoisotopic (exact) mass is 235 g/mol. The normalized spacial score (nSPS) is 10.1. The van der Waals surface area contributed by atoms with Crippen LogP contribution in [0.1, 0.15) is 5.89 Å². The molecule has 0 aliphatic carbocycles. The number of nitrogens with one attached hydrogen (secondary N) is 1. The largest absolute Gasteiger partial charge is 0.364 e. The summed E-state index contributed by atoms with van der Waals surface area (Å²) in [5.74, 6) is 0.702. The zero-order valence-corrected chi connectivity index (χ0v) is 8.74. The molecule has 8 nitrogen and oxygen atoms in total. The summed E-state index contributed by atoms with van der Waals surface area (Å²) in [6.07, 6.45) is 3.27. The number of aromatic nitrogens is 3. The molecule has 0 saturated heterocycles. The number of rotatable bonds is 5. The van der Waals surface area contributed by atoms with Crippen LogP contribution in [0.25, 0.3) is 0 Å². The van der Waals surface area contributed by atoms with E-state index in [-0.39, 0.29) is 11.5 Å². The molecule has 0 saturated carbocycles. The van der Waals surface area contributed by atoms with Gasteiger partial charge in [0.2, 0.25) is 11.7 Å². The fourth-order valence-electron chi connectivity index (χ4n) is 1.27. The van der Waals surface area contributed by atoms with Crippen LogP contribution in [0.4, 0.5) is 11.5 Å². The maximum absolute atomic E-state index is 10.7. The van der Waals surface area contributed by atoms with Crippen LogP contribution >= 0.6 is 0 Å². The van der Waals surface area contributed by atoms with Gasteiger partial charge in [-0.15, -0.1) is 0 Å². The van der Waals surface area contributed by atoms with Gasteiger partial charge in [0.25, 0.3) is 0 Å². The summed E-state index contributed by atoms with van der Waals surface area (Å²) in [5, 5.41) is 17.0. The fourth-order valence-corrected chi connectivity index (χ4v) is 1.27. The first kappa shape index (κ1) is 11.0. The van der Waals surface area contributed by atoms with Crippen LogP contribution in [-0.4, -0.2) is 26.6 Å². The van der Waals surface area contributed by atoms with Crippen molar-refractivity contribution in [2.45, 2.75) is 6.42 Å². The van der Waals surface area contributed by atoms with Crippen LogP contribution in [0.5, 0.6) is 0 Å². The van der Waals surface area contributed by atoms with Gasteiger partial charge in [-0.25, -0.2) is 4.98 Å². The fraction of sp³-hybridized carbons (Fsp3) is 0.222. The number of nitrogens with zero attached hydrogens (tertiary/aromatic N) is 4. The molecule has 17 heavy (non-hydrogen) atoms. The second-order valence-corrected chi connectivity index (χ2v) is 3.14. The molecule has 2 aromatic heterocycles. The van der Waals surface area contributed by atoms with Crippen molar-refractivity contribution in [3.05, 3.63) is 40.7 Å². The highest BCUT2D eigenvalue weighted by molar-refractivity contribution is 5.54. The van der Waals surface area contributed by atoms with Crippen LogP contribution in [0, 0.1) is 10.1 Å². The smallest absolute Gasteiger partial charge is 0.311 e. The first-order chi connectivity index (χ1) is 8.27. The van der Waals surface area contributed by atoms with Gasteiger partial charge in [0.1, 0.15) is 0 Å². The first-order valence-electron chi connectivity index (χ1n) is 4.86. The molecular weight excluding hydrogens is 226 g/mol. The van der Waals surface area contributed by atoms with E-state index in [1.54, 1.807) is 0 Å². The van der Waals surface area contributed by atoms with E-state index in [0.29, 0.717) is 18.9 Å². The van der Waals surface area contributed by atoms with E-state index >= 15 is 0 Å². The standard InChI is InChI=1S/C9H9N5O3/c15-14(16)7-2-1-4-10-9(7)11-5-3-8-12-6-13-17-8/h1-2,4,6H,3,5H2,(H,10,11). The van der Waals surface area contributed by atoms with Crippen molar-refractivity contribution in [1.82, 2.24) is 15.1 Å². The van der Waals surface area contributed by atoms with Crippen LogP contribution in [0.3, 0.4) is 0 Å². The van der Waals surface area contributed by atoms with Crippen molar-refractivity contribution in [1.29, 1.82) is 0 Å². The third-order valence-electron chi connectivity index (χ3n) is 2.02. The number of anilines is 1. The Bertz CT molecular complexity index is 499. The third-order valence-corrected chi connectivity index (χ3v) is 2.02. The highest BCUT2D eigenvalue weighted by atomic mass is 16.6. The van der Waals surface area contributed by atoms with E-state index < -0.39 is 4.92 Å². The molecule has 0 aliphatic heterocycles. The summed E-state index contributed by atoms with van der Waals surface area (Å²) in [7, 11) is 0. The SMILES string of the molecule is O=[N+]([O-])c1cccnc1NCCc1ncno1. The van der Waals surface area contributed by atoms with Gasteiger partial charge >= 0.3 is 5.69 Å². The van der Waals surface area contributed by atoms with E-state index in [4.69, 9.17) is 4.52 Å². The summed E-state index contributed by atoms with van der Waals surface area (Å²) < 4.78 is 4.79. The number of hydrogen-bond acceptors (Lipinski definition) is 7. The van der Waals surface area contributed by atoms with Crippen LogP contribution in [-0.2, 0) is 6.42 Å². The molecule has 0 radical (unpaired) electrons. The van der Waals surface area contributed by atoms with E-state index in [2.05, 4.69) is 20.4 Å². The lowest BCUT2D eigenvalue weighted by atomic mass is 10.3. The molecule has 2 rings (SSSR count). The zero-order chi connectivity index (χ0) is 12.1. The molecule has 0 amide bonds. The van der Waals surface area contributed by atoms with E-state index in [1.165, 1.54) is 24.7 Å². The molecule has 0 spiro atoms. The van der Waals surface area contributed by atoms with Crippen molar-refractivity contribution >= 4 is 11.5 Å². The Kier molecular flexibility index (Phi) is 3.24. The predicted octanol–water partition coefficient (Wildman–Crippen LogP) is 1.03. The second-order valence-electron chi connectivity index (χ2n) is 3.14. The number of pyridine rings is 1. The Morgan fingerprint density at radius 3 is 3.06 bits per heavy atom. The predicted molar refractivity (Wildman–Crippen MR) is 57.4 cm³/mol. The van der Waals surface area contributed by atoms with E-state index in [0.717, 1.165) is 0 Å². The Hall–Kier alpha value is -2.51. The minimum absolute atomic E-state index is 0.0574. The Labute approximate surface area is 95.8 Å². The van der Waals surface area contributed by atoms with Gasteiger partial charge in [-0.2, -0.15) is 4.98 Å². The maximum Gasteiger partial charge on any atom is 0.311 e. The lowest BCUT2D eigenvalue weighted by Crippen LogP contribution is -2.08. The molecule has 2 heterocycles. The van der Waals surface area contributed by atoms with Crippen molar-refractivity contribution in [2.24, 2.45) is 0 Å². The van der Waals surface area contributed by atoms with Crippen LogP contribution < -0.4 is 5.32 Å². The molecule has 0 atom stereocenters. The van der Waals surface area contributed by atoms with Gasteiger partial charge < -0.3 is 9.84 Å². The first-order valence-corrected chi connectivity index (χ1v) is 4.86. The molecule has 1 N–H and O–H groups in total. The summed E-state index contributed by atoms with van der Waals surface area (Å²) in [6, 6.07) is 2.91. The minimum Gasteiger partial charge on any atom is -0.364 e. The van der Waals surface area contributed by atoms with Crippen molar-refractivity contribution in [3.63, 3.8) is 0 Å². The molecule has 0 unspecified atom stereocenters. The van der Waals surface area contributed by atoms with Gasteiger partial charge in [0.15, 0.2) is 6.33 Å². The molecule has 8 heteroatoms. The minimum atomic E-state index is -0.484. The van der Waals surface area contributed by atoms with Gasteiger partial charge in [0.05, 0.1) is 4.92 Å². The van der Waals surface area contributed by atoms with Crippen molar-refractivity contribution in [2.75, 3.05) is 11.9 Å². The zero-order valence-electron chi connectivity index (χ0n) is 8.74.